The summed E-state index contributed by atoms with van der Waals surface area (Å²) in [5, 5.41) is -1.70. The highest BCUT2D eigenvalue weighted by molar-refractivity contribution is 7.57. The smallest absolute Gasteiger partial charge is 0.195 e. The summed E-state index contributed by atoms with van der Waals surface area (Å²) in [6.45, 7) is 7.87. The minimum atomic E-state index is -2.68. The van der Waals surface area contributed by atoms with Crippen LogP contribution in [0.4, 0.5) is 0 Å². The van der Waals surface area contributed by atoms with E-state index in [2.05, 4.69) is 0 Å². The Morgan fingerprint density at radius 3 is 1.38 bits per heavy atom. The first-order valence-corrected chi connectivity index (χ1v) is 14.3. The fraction of sp³-hybridized carbons (Fsp3) is 0.375. The van der Waals surface area contributed by atoms with Crippen molar-refractivity contribution in [2.24, 2.45) is 11.3 Å². The molecule has 213 valence electrons. The lowest BCUT2D eigenvalue weighted by atomic mass is 9.73. The highest BCUT2D eigenvalue weighted by Gasteiger charge is 2.59. The molecule has 2 atom stereocenters. The number of hydrogen-bond donors (Lipinski definition) is 0. The first-order chi connectivity index (χ1) is 19.0. The summed E-state index contributed by atoms with van der Waals surface area (Å²) in [5.41, 5.74) is -0.210. The Morgan fingerprint density at radius 2 is 1.05 bits per heavy atom. The molecule has 0 N–H and O–H groups in total. The minimum Gasteiger partial charge on any atom is -0.496 e. The van der Waals surface area contributed by atoms with Crippen LogP contribution in [0.25, 0.3) is 0 Å². The average Bonchev–Trinajstić information content (AvgIpc) is 2.95. The van der Waals surface area contributed by atoms with Gasteiger partial charge in [0.15, 0.2) is 16.7 Å². The number of methoxy groups -OCH3 is 4. The molecular formula is C32H38O7P. The molecule has 0 aromatic heterocycles. The normalized spacial score (nSPS) is 12.8. The van der Waals surface area contributed by atoms with E-state index in [9.17, 15) is 4.57 Å². The van der Waals surface area contributed by atoms with Gasteiger partial charge in [0, 0.05) is 5.30 Å². The van der Waals surface area contributed by atoms with Gasteiger partial charge in [-0.1, -0.05) is 58.0 Å². The molecular weight excluding hydrogens is 527 g/mol. The van der Waals surface area contributed by atoms with E-state index >= 15 is 9.59 Å². The van der Waals surface area contributed by atoms with Gasteiger partial charge in [-0.25, -0.2) is 0 Å². The van der Waals surface area contributed by atoms with Crippen molar-refractivity contribution in [2.45, 2.75) is 39.3 Å². The predicted octanol–water partition coefficient (Wildman–Crippen LogP) is 6.75. The molecule has 0 heterocycles. The molecule has 0 saturated carbocycles. The Balaban J connectivity index is 2.54. The Bertz CT molecular complexity index is 1260. The molecule has 2 unspecified atom stereocenters. The van der Waals surface area contributed by atoms with E-state index < -0.39 is 30.4 Å². The largest absolute Gasteiger partial charge is 0.496 e. The molecule has 0 amide bonds. The zero-order chi connectivity index (χ0) is 29.7. The van der Waals surface area contributed by atoms with Crippen molar-refractivity contribution in [1.29, 1.82) is 0 Å². The summed E-state index contributed by atoms with van der Waals surface area (Å²) in [6.07, 6.45) is 0.410. The summed E-state index contributed by atoms with van der Waals surface area (Å²) >= 11 is 0. The van der Waals surface area contributed by atoms with Crippen LogP contribution in [0.5, 0.6) is 23.0 Å². The van der Waals surface area contributed by atoms with Gasteiger partial charge in [-0.3, -0.25) is 14.2 Å². The van der Waals surface area contributed by atoms with Crippen molar-refractivity contribution in [1.82, 2.24) is 0 Å². The fourth-order valence-electron chi connectivity index (χ4n) is 5.30. The number of ketones is 2. The van der Waals surface area contributed by atoms with Crippen molar-refractivity contribution in [3.05, 3.63) is 77.9 Å². The Morgan fingerprint density at radius 1 is 0.675 bits per heavy atom. The summed E-state index contributed by atoms with van der Waals surface area (Å²) < 4.78 is 37.3. The van der Waals surface area contributed by atoms with Gasteiger partial charge >= 0.3 is 0 Å². The average molecular weight is 566 g/mol. The minimum absolute atomic E-state index is 0.0507. The van der Waals surface area contributed by atoms with Gasteiger partial charge < -0.3 is 18.9 Å². The Labute approximate surface area is 237 Å². The standard InChI is InChI=1S/C32H38O7P/c1-21(20-31(2,3)4)32(40(35)22-14-10-9-11-15-22,29(33)27-23(36-5)16-12-17-24(27)37-6)30(34)28-25(38-7)18-13-19-26(28)39-8/h9-19,21H,20H2,1-8H3. The zero-order valence-electron chi connectivity index (χ0n) is 24.4. The molecule has 8 heteroatoms. The lowest BCUT2D eigenvalue weighted by Gasteiger charge is -2.39. The number of benzene rings is 3. The van der Waals surface area contributed by atoms with Crippen LogP contribution in [-0.4, -0.2) is 45.2 Å². The molecule has 1 radical (unpaired) electrons. The molecule has 0 fully saturated rings. The van der Waals surface area contributed by atoms with Gasteiger partial charge in [0.25, 0.3) is 0 Å². The topological polar surface area (TPSA) is 88.1 Å². The highest BCUT2D eigenvalue weighted by atomic mass is 31.1. The summed E-state index contributed by atoms with van der Waals surface area (Å²) in [6, 6.07) is 18.5. The number of carbonyl (C=O) groups excluding carboxylic acids is 2. The quantitative estimate of drug-likeness (QED) is 0.136. The van der Waals surface area contributed by atoms with Gasteiger partial charge in [0.2, 0.25) is 0 Å². The first kappa shape index (κ1) is 30.8. The zero-order valence-corrected chi connectivity index (χ0v) is 25.3. The van der Waals surface area contributed by atoms with Crippen molar-refractivity contribution < 1.29 is 33.1 Å². The van der Waals surface area contributed by atoms with E-state index in [1.165, 1.54) is 28.4 Å². The maximum absolute atomic E-state index is 15.1. The van der Waals surface area contributed by atoms with Crippen LogP contribution in [-0.2, 0) is 4.57 Å². The molecule has 3 aromatic carbocycles. The molecule has 7 nitrogen and oxygen atoms in total. The molecule has 3 rings (SSSR count). The van der Waals surface area contributed by atoms with Crippen molar-refractivity contribution in [2.75, 3.05) is 28.4 Å². The molecule has 0 aliphatic heterocycles. The second-order valence-electron chi connectivity index (χ2n) is 10.8. The molecule has 0 saturated heterocycles. The molecule has 40 heavy (non-hydrogen) atoms. The maximum Gasteiger partial charge on any atom is 0.195 e. The monoisotopic (exact) mass is 565 g/mol. The predicted molar refractivity (Wildman–Crippen MR) is 157 cm³/mol. The van der Waals surface area contributed by atoms with Crippen LogP contribution < -0.4 is 24.3 Å². The second kappa shape index (κ2) is 12.6. The van der Waals surface area contributed by atoms with Crippen LogP contribution in [0, 0.1) is 11.3 Å². The maximum atomic E-state index is 15.1. The van der Waals surface area contributed by atoms with Crippen molar-refractivity contribution in [3.63, 3.8) is 0 Å². The van der Waals surface area contributed by atoms with E-state index in [-0.39, 0.29) is 39.5 Å². The molecule has 0 bridgehead atoms. The lowest BCUT2D eigenvalue weighted by Crippen LogP contribution is -2.51. The van der Waals surface area contributed by atoms with E-state index in [0.717, 1.165) is 0 Å². The first-order valence-electron chi connectivity index (χ1n) is 13.0. The third-order valence-electron chi connectivity index (χ3n) is 6.94. The second-order valence-corrected chi connectivity index (χ2v) is 12.6. The van der Waals surface area contributed by atoms with Crippen molar-refractivity contribution >= 4 is 24.7 Å². The number of Topliss-reactive ketones (excluding diaryl/α,β-unsaturated/α-hetero) is 2. The Hall–Kier alpha value is -3.70. The number of hydrogen-bond acceptors (Lipinski definition) is 7. The molecule has 0 spiro atoms. The van der Waals surface area contributed by atoms with E-state index in [0.29, 0.717) is 11.7 Å². The van der Waals surface area contributed by atoms with Crippen LogP contribution >= 0.6 is 7.80 Å². The lowest BCUT2D eigenvalue weighted by molar-refractivity contribution is 0.0762. The van der Waals surface area contributed by atoms with Crippen LogP contribution in [0.2, 0.25) is 0 Å². The van der Waals surface area contributed by atoms with Gasteiger partial charge in [0.1, 0.15) is 41.9 Å². The number of carbonyl (C=O) groups is 2. The molecule has 0 aliphatic rings. The number of rotatable bonds is 12. The van der Waals surface area contributed by atoms with Gasteiger partial charge in [-0.15, -0.1) is 0 Å². The third-order valence-corrected chi connectivity index (χ3v) is 9.20. The van der Waals surface area contributed by atoms with E-state index in [1.54, 1.807) is 73.7 Å². The van der Waals surface area contributed by atoms with Gasteiger partial charge in [0.05, 0.1) is 28.4 Å². The summed E-state index contributed by atoms with van der Waals surface area (Å²) in [7, 11) is 3.07. The van der Waals surface area contributed by atoms with Crippen LogP contribution in [0.3, 0.4) is 0 Å². The van der Waals surface area contributed by atoms with Gasteiger partial charge in [-0.2, -0.15) is 0 Å². The highest BCUT2D eigenvalue weighted by Crippen LogP contribution is 2.54. The summed E-state index contributed by atoms with van der Waals surface area (Å²) in [4.78, 5) is 30.3. The van der Waals surface area contributed by atoms with Crippen LogP contribution in [0.1, 0.15) is 54.8 Å². The summed E-state index contributed by atoms with van der Waals surface area (Å²) in [5.74, 6) is -1.13. The van der Waals surface area contributed by atoms with Crippen molar-refractivity contribution in [3.8, 4) is 23.0 Å². The number of ether oxygens (including phenoxy) is 4. The SMILES string of the molecule is COc1cccc(OC)c1C(=O)C(C(=O)c1c(OC)cccc1OC)(C(C)CC(C)(C)C)[P](=O)c1ccccc1. The van der Waals surface area contributed by atoms with Gasteiger partial charge in [-0.05, 0) is 54.2 Å². The fourth-order valence-corrected chi connectivity index (χ4v) is 7.23. The van der Waals surface area contributed by atoms with Crippen LogP contribution in [0.15, 0.2) is 66.7 Å². The molecule has 0 aliphatic carbocycles. The third kappa shape index (κ3) is 5.75. The molecule has 3 aromatic rings. The Kier molecular flexibility index (Phi) is 9.75. The van der Waals surface area contributed by atoms with E-state index in [4.69, 9.17) is 18.9 Å². The van der Waals surface area contributed by atoms with E-state index in [1.807, 2.05) is 20.8 Å².